The minimum absolute atomic E-state index is 0. The van der Waals surface area contributed by atoms with E-state index in [0.29, 0.717) is 0 Å². The molecule has 1 rings (SSSR count). The minimum atomic E-state index is -0.479. The van der Waals surface area contributed by atoms with Crippen LogP contribution in [0.2, 0.25) is 0 Å². The van der Waals surface area contributed by atoms with Gasteiger partial charge in [0.05, 0.1) is 0 Å². The number of aliphatic hydroxyl groups excluding tert-OH is 1. The second-order valence-electron chi connectivity index (χ2n) is 2.56. The van der Waals surface area contributed by atoms with Crippen LogP contribution in [0.25, 0.3) is 0 Å². The lowest BCUT2D eigenvalue weighted by Crippen LogP contribution is -2.43. The van der Waals surface area contributed by atoms with Crippen molar-refractivity contribution in [1.29, 1.82) is 0 Å². The van der Waals surface area contributed by atoms with Crippen molar-refractivity contribution < 1.29 is 5.11 Å². The van der Waals surface area contributed by atoms with E-state index in [1.54, 1.807) is 0 Å². The van der Waals surface area contributed by atoms with E-state index in [0.717, 1.165) is 25.8 Å². The molecule has 0 aromatic carbocycles. The Hall–Kier alpha value is 0.170. The summed E-state index contributed by atoms with van der Waals surface area (Å²) in [6.07, 6.45) is 2.72. The molecule has 62 valence electrons. The number of hydrogen-bond donors (Lipinski definition) is 3. The molecule has 0 aliphatic carbocycles. The van der Waals surface area contributed by atoms with Gasteiger partial charge in [0.1, 0.15) is 6.23 Å². The fourth-order valence-electron chi connectivity index (χ4n) is 1.06. The normalized spacial score (nSPS) is 34.2. The molecule has 4 heteroatoms. The summed E-state index contributed by atoms with van der Waals surface area (Å²) in [5.74, 6) is 0. The van der Waals surface area contributed by atoms with Gasteiger partial charge in [-0.05, 0) is 19.4 Å². The summed E-state index contributed by atoms with van der Waals surface area (Å²) in [6.45, 7) is 0.898. The molecule has 0 aromatic rings. The molecule has 0 radical (unpaired) electrons. The summed E-state index contributed by atoms with van der Waals surface area (Å²) in [6, 6.07) is -0.0625. The summed E-state index contributed by atoms with van der Waals surface area (Å²) < 4.78 is 0. The van der Waals surface area contributed by atoms with Gasteiger partial charge in [-0.15, -0.1) is 12.4 Å². The maximum atomic E-state index is 9.12. The fourth-order valence-corrected chi connectivity index (χ4v) is 1.06. The Kier molecular flexibility index (Phi) is 4.99. The van der Waals surface area contributed by atoms with Gasteiger partial charge in [-0.25, -0.2) is 0 Å². The third-order valence-corrected chi connectivity index (χ3v) is 1.72. The van der Waals surface area contributed by atoms with Crippen LogP contribution in [0, 0.1) is 0 Å². The van der Waals surface area contributed by atoms with Crippen molar-refractivity contribution in [3.63, 3.8) is 0 Å². The minimum Gasteiger partial charge on any atom is -0.377 e. The molecule has 1 fully saturated rings. The van der Waals surface area contributed by atoms with E-state index in [1.807, 2.05) is 0 Å². The van der Waals surface area contributed by atoms with Gasteiger partial charge in [-0.3, -0.25) is 5.32 Å². The molecule has 1 aliphatic rings. The Morgan fingerprint density at radius 1 is 1.40 bits per heavy atom. The van der Waals surface area contributed by atoms with Crippen LogP contribution in [0.3, 0.4) is 0 Å². The first-order chi connectivity index (χ1) is 4.30. The average Bonchev–Trinajstić information content (AvgIpc) is 1.99. The molecule has 1 aliphatic heterocycles. The van der Waals surface area contributed by atoms with Crippen molar-refractivity contribution in [3.8, 4) is 0 Å². The van der Waals surface area contributed by atoms with Crippen molar-refractivity contribution in [2.75, 3.05) is 6.54 Å². The Labute approximate surface area is 67.4 Å². The zero-order valence-electron chi connectivity index (χ0n) is 5.92. The Bertz CT molecular complexity index is 81.8. The monoisotopic (exact) mass is 166 g/mol. The summed E-state index contributed by atoms with van der Waals surface area (Å²) >= 11 is 0. The average molecular weight is 167 g/mol. The molecule has 1 unspecified atom stereocenters. The number of hydrogen-bond acceptors (Lipinski definition) is 3. The summed E-state index contributed by atoms with van der Waals surface area (Å²) in [7, 11) is 0. The Morgan fingerprint density at radius 3 is 2.80 bits per heavy atom. The van der Waals surface area contributed by atoms with E-state index in [9.17, 15) is 0 Å². The molecule has 3 nitrogen and oxygen atoms in total. The molecule has 4 N–H and O–H groups in total. The van der Waals surface area contributed by atoms with E-state index in [-0.39, 0.29) is 18.4 Å². The molecular formula is C6H15ClN2O. The van der Waals surface area contributed by atoms with Crippen molar-refractivity contribution in [2.24, 2.45) is 5.73 Å². The highest BCUT2D eigenvalue weighted by molar-refractivity contribution is 5.85. The topological polar surface area (TPSA) is 58.3 Å². The second-order valence-corrected chi connectivity index (χ2v) is 2.56. The van der Waals surface area contributed by atoms with E-state index in [4.69, 9.17) is 10.8 Å². The molecule has 1 saturated heterocycles. The molecule has 0 aromatic heterocycles. The molecule has 0 amide bonds. The lowest BCUT2D eigenvalue weighted by molar-refractivity contribution is 0.114. The van der Waals surface area contributed by atoms with Crippen molar-refractivity contribution in [3.05, 3.63) is 0 Å². The van der Waals surface area contributed by atoms with Crippen molar-refractivity contribution in [2.45, 2.75) is 31.5 Å². The summed E-state index contributed by atoms with van der Waals surface area (Å²) in [4.78, 5) is 0. The van der Waals surface area contributed by atoms with E-state index in [1.165, 1.54) is 0 Å². The molecule has 10 heavy (non-hydrogen) atoms. The lowest BCUT2D eigenvalue weighted by atomic mass is 10.1. The SMILES string of the molecule is Cl.N[C@H]1CCCCNC1O. The van der Waals surface area contributed by atoms with Gasteiger partial charge in [0.25, 0.3) is 0 Å². The smallest absolute Gasteiger partial charge is 0.120 e. The molecule has 2 atom stereocenters. The van der Waals surface area contributed by atoms with E-state index >= 15 is 0 Å². The fraction of sp³-hybridized carbons (Fsp3) is 1.00. The van der Waals surface area contributed by atoms with Crippen LogP contribution in [0.5, 0.6) is 0 Å². The van der Waals surface area contributed by atoms with Crippen LogP contribution in [-0.4, -0.2) is 23.9 Å². The van der Waals surface area contributed by atoms with E-state index < -0.39 is 6.23 Å². The summed E-state index contributed by atoms with van der Waals surface area (Å²) in [5, 5.41) is 12.0. The first kappa shape index (κ1) is 10.2. The standard InChI is InChI=1S/C6H14N2O.ClH/c7-5-3-1-2-4-8-6(5)9;/h5-6,8-9H,1-4,7H2;1H/t5-,6?;/m0./s1. The number of aliphatic hydroxyl groups is 1. The van der Waals surface area contributed by atoms with Gasteiger partial charge >= 0.3 is 0 Å². The highest BCUT2D eigenvalue weighted by Gasteiger charge is 2.15. The number of halogens is 1. The third kappa shape index (κ3) is 2.84. The van der Waals surface area contributed by atoms with Crippen molar-refractivity contribution >= 4 is 12.4 Å². The van der Waals surface area contributed by atoms with E-state index in [2.05, 4.69) is 5.32 Å². The summed E-state index contributed by atoms with van der Waals surface area (Å²) in [5.41, 5.74) is 5.57. The van der Waals surface area contributed by atoms with Crippen LogP contribution in [0.15, 0.2) is 0 Å². The molecule has 1 heterocycles. The van der Waals surface area contributed by atoms with Crippen molar-refractivity contribution in [1.82, 2.24) is 5.32 Å². The zero-order chi connectivity index (χ0) is 6.69. The quantitative estimate of drug-likeness (QED) is 0.468. The maximum absolute atomic E-state index is 9.12. The molecule has 0 bridgehead atoms. The first-order valence-electron chi connectivity index (χ1n) is 3.48. The second kappa shape index (κ2) is 4.91. The Balaban J connectivity index is 0.000000810. The number of rotatable bonds is 0. The molecule has 0 spiro atoms. The van der Waals surface area contributed by atoms with Gasteiger partial charge in [0.15, 0.2) is 0 Å². The maximum Gasteiger partial charge on any atom is 0.120 e. The van der Waals surface area contributed by atoms with Gasteiger partial charge in [-0.1, -0.05) is 6.42 Å². The first-order valence-corrected chi connectivity index (χ1v) is 3.48. The number of nitrogens with two attached hydrogens (primary N) is 1. The van der Waals surface area contributed by atoms with Gasteiger partial charge < -0.3 is 10.8 Å². The number of nitrogens with one attached hydrogen (secondary N) is 1. The lowest BCUT2D eigenvalue weighted by Gasteiger charge is -2.14. The van der Waals surface area contributed by atoms with Crippen LogP contribution in [0.4, 0.5) is 0 Å². The van der Waals surface area contributed by atoms with Crippen LogP contribution >= 0.6 is 12.4 Å². The van der Waals surface area contributed by atoms with Gasteiger partial charge in [0, 0.05) is 6.04 Å². The molecule has 0 saturated carbocycles. The van der Waals surface area contributed by atoms with Crippen LogP contribution < -0.4 is 11.1 Å². The predicted octanol–water partition coefficient (Wildman–Crippen LogP) is -0.173. The Morgan fingerprint density at radius 2 is 2.10 bits per heavy atom. The molecular weight excluding hydrogens is 152 g/mol. The third-order valence-electron chi connectivity index (χ3n) is 1.72. The van der Waals surface area contributed by atoms with Crippen LogP contribution in [-0.2, 0) is 0 Å². The largest absolute Gasteiger partial charge is 0.377 e. The van der Waals surface area contributed by atoms with Gasteiger partial charge in [0.2, 0.25) is 0 Å². The predicted molar refractivity (Wildman–Crippen MR) is 43.1 cm³/mol. The van der Waals surface area contributed by atoms with Gasteiger partial charge in [-0.2, -0.15) is 0 Å². The van der Waals surface area contributed by atoms with Crippen LogP contribution in [0.1, 0.15) is 19.3 Å². The highest BCUT2D eigenvalue weighted by atomic mass is 35.5. The highest BCUT2D eigenvalue weighted by Crippen LogP contribution is 2.04. The zero-order valence-corrected chi connectivity index (χ0v) is 6.73.